The van der Waals surface area contributed by atoms with Crippen LogP contribution in [0, 0.1) is 11.8 Å². The van der Waals surface area contributed by atoms with E-state index >= 15 is 0 Å². The largest absolute Gasteiger partial charge is 0.393 e. The lowest BCUT2D eigenvalue weighted by molar-refractivity contribution is -0.125. The lowest BCUT2D eigenvalue weighted by atomic mass is 9.96. The summed E-state index contributed by atoms with van der Waals surface area (Å²) in [5, 5.41) is 13.5. The Bertz CT molecular complexity index is 558. The lowest BCUT2D eigenvalue weighted by Gasteiger charge is -2.32. The molecule has 132 valence electrons. The number of hydrogen-bond acceptors (Lipinski definition) is 3. The van der Waals surface area contributed by atoms with E-state index in [-0.39, 0.29) is 17.9 Å². The molecule has 24 heavy (non-hydrogen) atoms. The van der Waals surface area contributed by atoms with E-state index in [1.807, 2.05) is 18.2 Å². The number of rotatable bonds is 5. The first-order chi connectivity index (χ1) is 11.6. The number of amides is 1. The Labute approximate surface area is 149 Å². The number of aliphatic hydroxyl groups is 1. The highest BCUT2D eigenvalue weighted by atomic mass is 35.5. The first-order valence-electron chi connectivity index (χ1n) is 9.03. The number of likely N-dealkylation sites (tertiary alicyclic amines) is 1. The molecule has 3 rings (SSSR count). The molecule has 2 atom stereocenters. The summed E-state index contributed by atoms with van der Waals surface area (Å²) >= 11 is 6.24. The summed E-state index contributed by atoms with van der Waals surface area (Å²) in [5.41, 5.74) is 1.19. The zero-order valence-corrected chi connectivity index (χ0v) is 14.8. The van der Waals surface area contributed by atoms with Gasteiger partial charge in [0.2, 0.25) is 5.91 Å². The molecule has 1 amide bonds. The molecule has 4 nitrogen and oxygen atoms in total. The molecule has 5 heteroatoms. The molecule has 1 aliphatic carbocycles. The van der Waals surface area contributed by atoms with Crippen LogP contribution in [0.25, 0.3) is 0 Å². The van der Waals surface area contributed by atoms with Gasteiger partial charge in [0.05, 0.1) is 6.10 Å². The molecule has 1 aliphatic heterocycles. The standard InChI is InChI=1S/C19H27ClN2O2/c20-18-4-2-1-3-16(18)13-22-9-7-14(8-10-22)12-21-19(24)15-5-6-17(23)11-15/h1-4,14-15,17,23H,5-13H2,(H,21,24)/t15-,17-/m1/s1. The van der Waals surface area contributed by atoms with E-state index in [1.54, 1.807) is 0 Å². The van der Waals surface area contributed by atoms with E-state index in [1.165, 1.54) is 5.56 Å². The first kappa shape index (κ1) is 17.7. The summed E-state index contributed by atoms with van der Waals surface area (Å²) in [6, 6.07) is 8.03. The molecular weight excluding hydrogens is 324 g/mol. The van der Waals surface area contributed by atoms with E-state index in [0.29, 0.717) is 12.3 Å². The molecule has 0 aromatic heterocycles. The Hall–Kier alpha value is -1.10. The Kier molecular flexibility index (Phi) is 6.14. The second-order valence-corrected chi connectivity index (χ2v) is 7.63. The number of piperidine rings is 1. The molecular formula is C19H27ClN2O2. The van der Waals surface area contributed by atoms with E-state index < -0.39 is 0 Å². The highest BCUT2D eigenvalue weighted by Crippen LogP contribution is 2.26. The van der Waals surface area contributed by atoms with Crippen molar-refractivity contribution in [3.05, 3.63) is 34.9 Å². The first-order valence-corrected chi connectivity index (χ1v) is 9.41. The van der Waals surface area contributed by atoms with Crippen LogP contribution in [0.3, 0.4) is 0 Å². The van der Waals surface area contributed by atoms with Gasteiger partial charge in [-0.2, -0.15) is 0 Å². The molecule has 2 N–H and O–H groups in total. The average Bonchev–Trinajstić information content (AvgIpc) is 3.03. The third kappa shape index (κ3) is 4.71. The fraction of sp³-hybridized carbons (Fsp3) is 0.632. The number of aliphatic hydroxyl groups excluding tert-OH is 1. The Morgan fingerprint density at radius 3 is 2.62 bits per heavy atom. The van der Waals surface area contributed by atoms with Crippen molar-refractivity contribution in [1.82, 2.24) is 10.2 Å². The van der Waals surface area contributed by atoms with Gasteiger partial charge in [0.15, 0.2) is 0 Å². The van der Waals surface area contributed by atoms with Crippen molar-refractivity contribution in [2.24, 2.45) is 11.8 Å². The van der Waals surface area contributed by atoms with Crippen LogP contribution in [0.1, 0.15) is 37.7 Å². The number of nitrogens with zero attached hydrogens (tertiary/aromatic N) is 1. The molecule has 1 heterocycles. The summed E-state index contributed by atoms with van der Waals surface area (Å²) in [6.45, 7) is 3.77. The molecule has 0 spiro atoms. The lowest BCUT2D eigenvalue weighted by Crippen LogP contribution is -2.39. The third-order valence-corrected chi connectivity index (χ3v) is 5.77. The van der Waals surface area contributed by atoms with Crippen LogP contribution in [-0.2, 0) is 11.3 Å². The molecule has 1 saturated carbocycles. The van der Waals surface area contributed by atoms with Gasteiger partial charge in [-0.3, -0.25) is 9.69 Å². The second kappa shape index (κ2) is 8.32. The molecule has 0 radical (unpaired) electrons. The maximum absolute atomic E-state index is 12.1. The number of halogens is 1. The maximum atomic E-state index is 12.1. The van der Waals surface area contributed by atoms with Crippen LogP contribution in [0.2, 0.25) is 5.02 Å². The quantitative estimate of drug-likeness (QED) is 0.858. The van der Waals surface area contributed by atoms with Crippen LogP contribution in [0.15, 0.2) is 24.3 Å². The predicted octanol–water partition coefficient (Wildman–Crippen LogP) is 2.83. The molecule has 2 fully saturated rings. The van der Waals surface area contributed by atoms with Crippen LogP contribution >= 0.6 is 11.6 Å². The Balaban J connectivity index is 1.38. The smallest absolute Gasteiger partial charge is 0.223 e. The third-order valence-electron chi connectivity index (χ3n) is 5.40. The Morgan fingerprint density at radius 2 is 1.96 bits per heavy atom. The van der Waals surface area contributed by atoms with Crippen LogP contribution < -0.4 is 5.32 Å². The topological polar surface area (TPSA) is 52.6 Å². The van der Waals surface area contributed by atoms with Crippen LogP contribution in [0.5, 0.6) is 0 Å². The minimum atomic E-state index is -0.284. The van der Waals surface area contributed by atoms with Gasteiger partial charge in [-0.05, 0) is 62.7 Å². The SMILES string of the molecule is O=C(NCC1CCN(Cc2ccccc2Cl)CC1)[C@@H]1CC[C@@H](O)C1. The van der Waals surface area contributed by atoms with Gasteiger partial charge in [0.25, 0.3) is 0 Å². The fourth-order valence-electron chi connectivity index (χ4n) is 3.80. The van der Waals surface area contributed by atoms with Crippen LogP contribution in [0.4, 0.5) is 0 Å². The molecule has 1 saturated heterocycles. The van der Waals surface area contributed by atoms with Crippen molar-refractivity contribution in [2.45, 2.75) is 44.8 Å². The monoisotopic (exact) mass is 350 g/mol. The molecule has 0 bridgehead atoms. The van der Waals surface area contributed by atoms with Crippen molar-refractivity contribution < 1.29 is 9.90 Å². The summed E-state index contributed by atoms with van der Waals surface area (Å²) in [7, 11) is 0. The summed E-state index contributed by atoms with van der Waals surface area (Å²) < 4.78 is 0. The van der Waals surface area contributed by atoms with Gasteiger partial charge >= 0.3 is 0 Å². The van der Waals surface area contributed by atoms with Gasteiger partial charge in [0, 0.05) is 24.0 Å². The van der Waals surface area contributed by atoms with E-state index in [0.717, 1.165) is 56.9 Å². The second-order valence-electron chi connectivity index (χ2n) is 7.22. The van der Waals surface area contributed by atoms with E-state index in [2.05, 4.69) is 16.3 Å². The molecule has 0 unspecified atom stereocenters. The number of hydrogen-bond donors (Lipinski definition) is 2. The zero-order chi connectivity index (χ0) is 16.9. The Morgan fingerprint density at radius 1 is 1.21 bits per heavy atom. The molecule has 1 aromatic rings. The maximum Gasteiger partial charge on any atom is 0.223 e. The minimum absolute atomic E-state index is 0.0142. The molecule has 2 aliphatic rings. The average molecular weight is 351 g/mol. The summed E-state index contributed by atoms with van der Waals surface area (Å²) in [4.78, 5) is 14.6. The highest BCUT2D eigenvalue weighted by molar-refractivity contribution is 6.31. The van der Waals surface area contributed by atoms with E-state index in [9.17, 15) is 9.90 Å². The molecule has 1 aromatic carbocycles. The van der Waals surface area contributed by atoms with Gasteiger partial charge in [0.1, 0.15) is 0 Å². The zero-order valence-electron chi connectivity index (χ0n) is 14.1. The van der Waals surface area contributed by atoms with Crippen molar-refractivity contribution >= 4 is 17.5 Å². The van der Waals surface area contributed by atoms with Gasteiger partial charge < -0.3 is 10.4 Å². The number of carbonyl (C=O) groups is 1. The van der Waals surface area contributed by atoms with Crippen LogP contribution in [-0.4, -0.2) is 41.7 Å². The number of nitrogens with one attached hydrogen (secondary N) is 1. The van der Waals surface area contributed by atoms with Crippen molar-refractivity contribution in [2.75, 3.05) is 19.6 Å². The highest BCUT2D eigenvalue weighted by Gasteiger charge is 2.29. The summed E-state index contributed by atoms with van der Waals surface area (Å²) in [6.07, 6.45) is 4.15. The van der Waals surface area contributed by atoms with Crippen molar-refractivity contribution in [1.29, 1.82) is 0 Å². The minimum Gasteiger partial charge on any atom is -0.393 e. The van der Waals surface area contributed by atoms with Crippen molar-refractivity contribution in [3.63, 3.8) is 0 Å². The fourth-order valence-corrected chi connectivity index (χ4v) is 4.00. The normalized spacial score (nSPS) is 25.8. The van der Waals surface area contributed by atoms with E-state index in [4.69, 9.17) is 11.6 Å². The predicted molar refractivity (Wildman–Crippen MR) is 95.8 cm³/mol. The van der Waals surface area contributed by atoms with Gasteiger partial charge in [-0.1, -0.05) is 29.8 Å². The van der Waals surface area contributed by atoms with Gasteiger partial charge in [-0.25, -0.2) is 0 Å². The van der Waals surface area contributed by atoms with Crippen molar-refractivity contribution in [3.8, 4) is 0 Å². The number of benzene rings is 1. The summed E-state index contributed by atoms with van der Waals surface area (Å²) in [5.74, 6) is 0.702. The number of carbonyl (C=O) groups excluding carboxylic acids is 1. The van der Waals surface area contributed by atoms with Gasteiger partial charge in [-0.15, -0.1) is 0 Å².